The van der Waals surface area contributed by atoms with Crippen LogP contribution in [0.2, 0.25) is 5.02 Å². The predicted molar refractivity (Wildman–Crippen MR) is 134 cm³/mol. The van der Waals surface area contributed by atoms with Gasteiger partial charge in [0.15, 0.2) is 0 Å². The van der Waals surface area contributed by atoms with E-state index in [4.69, 9.17) is 16.3 Å². The number of rotatable bonds is 8. The highest BCUT2D eigenvalue weighted by molar-refractivity contribution is 7.10. The molecule has 2 aromatic carbocycles. The van der Waals surface area contributed by atoms with Gasteiger partial charge in [-0.15, -0.1) is 11.3 Å². The maximum atomic E-state index is 13.6. The molecule has 1 aliphatic rings. The normalized spacial score (nSPS) is 14.9. The Morgan fingerprint density at radius 3 is 2.69 bits per heavy atom. The van der Waals surface area contributed by atoms with E-state index in [-0.39, 0.29) is 47.9 Å². The van der Waals surface area contributed by atoms with Crippen LogP contribution in [0.5, 0.6) is 0 Å². The Morgan fingerprint density at radius 1 is 1.23 bits per heavy atom. The van der Waals surface area contributed by atoms with E-state index in [1.54, 1.807) is 11.3 Å². The number of ether oxygens (including phenoxy) is 1. The molecule has 1 aromatic heterocycles. The van der Waals surface area contributed by atoms with Crippen molar-refractivity contribution in [3.05, 3.63) is 96.7 Å². The first kappa shape index (κ1) is 24.8. The number of fused-ring (bicyclic) bond motifs is 1. The fourth-order valence-electron chi connectivity index (χ4n) is 4.25. The molecule has 0 saturated carbocycles. The molecule has 0 aliphatic carbocycles. The molecule has 4 rings (SSSR count). The Labute approximate surface area is 211 Å². The summed E-state index contributed by atoms with van der Waals surface area (Å²) in [6.45, 7) is 0.761. The summed E-state index contributed by atoms with van der Waals surface area (Å²) in [6, 6.07) is 15.3. The van der Waals surface area contributed by atoms with Gasteiger partial charge in [-0.2, -0.15) is 0 Å². The van der Waals surface area contributed by atoms with E-state index in [9.17, 15) is 19.7 Å². The zero-order chi connectivity index (χ0) is 24.9. The second-order valence-corrected chi connectivity index (χ2v) is 9.50. The third kappa shape index (κ3) is 5.37. The summed E-state index contributed by atoms with van der Waals surface area (Å²) in [5.41, 5.74) is 2.00. The molecule has 0 saturated heterocycles. The largest absolute Gasteiger partial charge is 0.383 e. The van der Waals surface area contributed by atoms with E-state index in [0.29, 0.717) is 6.54 Å². The van der Waals surface area contributed by atoms with Crippen molar-refractivity contribution in [2.24, 2.45) is 0 Å². The Bertz CT molecular complexity index is 1230. The molecule has 0 N–H and O–H groups in total. The summed E-state index contributed by atoms with van der Waals surface area (Å²) in [5.74, 6) is -0.682. The first-order chi connectivity index (χ1) is 16.9. The number of nitrogens with zero attached hydrogens (tertiary/aromatic N) is 3. The minimum absolute atomic E-state index is 0.0397. The SMILES string of the molecule is COCCN(CC(=O)N1CCc2sccc2C1c1ccccc1)C(=O)c1ccc([N+](=O)[O-])cc1Cl. The number of nitro groups is 1. The van der Waals surface area contributed by atoms with Crippen LogP contribution in [0.15, 0.2) is 60.0 Å². The van der Waals surface area contributed by atoms with Crippen molar-refractivity contribution in [2.75, 3.05) is 33.4 Å². The van der Waals surface area contributed by atoms with E-state index >= 15 is 0 Å². The van der Waals surface area contributed by atoms with Gasteiger partial charge in [-0.05, 0) is 35.1 Å². The van der Waals surface area contributed by atoms with Crippen molar-refractivity contribution in [1.82, 2.24) is 9.80 Å². The van der Waals surface area contributed by atoms with Gasteiger partial charge in [-0.1, -0.05) is 41.9 Å². The minimum Gasteiger partial charge on any atom is -0.383 e. The van der Waals surface area contributed by atoms with Gasteiger partial charge < -0.3 is 14.5 Å². The van der Waals surface area contributed by atoms with Crippen LogP contribution in [0.4, 0.5) is 5.69 Å². The van der Waals surface area contributed by atoms with E-state index in [1.807, 2.05) is 40.6 Å². The standard InChI is InChI=1S/C25H24ClN3O5S/c1-34-13-12-27(25(31)19-8-7-18(29(32)33)15-21(19)26)16-23(30)28-11-9-22-20(10-14-35-22)24(28)17-5-3-2-4-6-17/h2-8,10,14-15,24H,9,11-13,16H2,1H3. The van der Waals surface area contributed by atoms with E-state index in [2.05, 4.69) is 6.07 Å². The molecular weight excluding hydrogens is 490 g/mol. The number of non-ortho nitro benzene ring substituents is 1. The van der Waals surface area contributed by atoms with Crippen LogP contribution < -0.4 is 0 Å². The van der Waals surface area contributed by atoms with Gasteiger partial charge >= 0.3 is 0 Å². The van der Waals surface area contributed by atoms with Crippen LogP contribution in [-0.2, 0) is 16.0 Å². The number of hydrogen-bond acceptors (Lipinski definition) is 6. The molecule has 0 radical (unpaired) electrons. The monoisotopic (exact) mass is 513 g/mol. The Morgan fingerprint density at radius 2 is 2.00 bits per heavy atom. The summed E-state index contributed by atoms with van der Waals surface area (Å²) in [7, 11) is 1.51. The van der Waals surface area contributed by atoms with E-state index in [0.717, 1.165) is 23.6 Å². The highest BCUT2D eigenvalue weighted by atomic mass is 35.5. The van der Waals surface area contributed by atoms with E-state index in [1.165, 1.54) is 29.0 Å². The lowest BCUT2D eigenvalue weighted by Crippen LogP contribution is -2.47. The van der Waals surface area contributed by atoms with Crippen LogP contribution in [-0.4, -0.2) is 59.9 Å². The lowest BCUT2D eigenvalue weighted by molar-refractivity contribution is -0.384. The minimum atomic E-state index is -0.578. The van der Waals surface area contributed by atoms with Crippen molar-refractivity contribution in [2.45, 2.75) is 12.5 Å². The average molecular weight is 514 g/mol. The molecule has 182 valence electrons. The predicted octanol–water partition coefficient (Wildman–Crippen LogP) is 4.57. The number of halogens is 1. The number of methoxy groups -OCH3 is 1. The topological polar surface area (TPSA) is 93.0 Å². The van der Waals surface area contributed by atoms with Gasteiger partial charge in [0.2, 0.25) is 5.91 Å². The number of carbonyl (C=O) groups excluding carboxylic acids is 2. The van der Waals surface area contributed by atoms with Crippen LogP contribution >= 0.6 is 22.9 Å². The molecule has 2 amide bonds. The first-order valence-corrected chi connectivity index (χ1v) is 12.3. The number of hydrogen-bond donors (Lipinski definition) is 0. The molecule has 0 fully saturated rings. The van der Waals surface area contributed by atoms with Gasteiger partial charge in [-0.3, -0.25) is 19.7 Å². The average Bonchev–Trinajstić information content (AvgIpc) is 3.34. The Balaban J connectivity index is 1.60. The van der Waals surface area contributed by atoms with Crippen molar-refractivity contribution in [3.8, 4) is 0 Å². The van der Waals surface area contributed by atoms with Gasteiger partial charge in [0.1, 0.15) is 6.54 Å². The summed E-state index contributed by atoms with van der Waals surface area (Å²) in [5, 5.41) is 13.0. The van der Waals surface area contributed by atoms with Crippen molar-refractivity contribution >= 4 is 40.4 Å². The lowest BCUT2D eigenvalue weighted by Gasteiger charge is -2.37. The third-order valence-electron chi connectivity index (χ3n) is 5.97. The summed E-state index contributed by atoms with van der Waals surface area (Å²) in [6.07, 6.45) is 0.752. The van der Waals surface area contributed by atoms with Gasteiger partial charge in [0.25, 0.3) is 11.6 Å². The first-order valence-electron chi connectivity index (χ1n) is 11.0. The third-order valence-corrected chi connectivity index (χ3v) is 7.28. The molecule has 1 aliphatic heterocycles. The number of nitro benzene ring substituents is 1. The summed E-state index contributed by atoms with van der Waals surface area (Å²) >= 11 is 7.89. The second kappa shape index (κ2) is 11.0. The maximum absolute atomic E-state index is 13.6. The fraction of sp³-hybridized carbons (Fsp3) is 0.280. The van der Waals surface area contributed by atoms with Crippen LogP contribution in [0.3, 0.4) is 0 Å². The molecule has 3 aromatic rings. The number of amides is 2. The molecule has 0 bridgehead atoms. The molecule has 10 heteroatoms. The zero-order valence-electron chi connectivity index (χ0n) is 19.1. The van der Waals surface area contributed by atoms with Crippen molar-refractivity contribution in [3.63, 3.8) is 0 Å². The highest BCUT2D eigenvalue weighted by Crippen LogP contribution is 2.37. The fourth-order valence-corrected chi connectivity index (χ4v) is 5.41. The van der Waals surface area contributed by atoms with Crippen LogP contribution in [0.1, 0.15) is 32.4 Å². The van der Waals surface area contributed by atoms with Crippen molar-refractivity contribution in [1.29, 1.82) is 0 Å². The number of carbonyl (C=O) groups is 2. The van der Waals surface area contributed by atoms with Gasteiger partial charge in [0, 0.05) is 37.2 Å². The molecule has 1 unspecified atom stereocenters. The molecular formula is C25H24ClN3O5S. The molecule has 8 nitrogen and oxygen atoms in total. The van der Waals surface area contributed by atoms with Crippen LogP contribution in [0.25, 0.3) is 0 Å². The molecule has 2 heterocycles. The maximum Gasteiger partial charge on any atom is 0.270 e. The quantitative estimate of drug-likeness (QED) is 0.325. The van der Waals surface area contributed by atoms with E-state index < -0.39 is 10.8 Å². The van der Waals surface area contributed by atoms with Gasteiger partial charge in [0.05, 0.1) is 28.2 Å². The number of thiophene rings is 1. The van der Waals surface area contributed by atoms with Crippen LogP contribution in [0, 0.1) is 10.1 Å². The smallest absolute Gasteiger partial charge is 0.270 e. The summed E-state index contributed by atoms with van der Waals surface area (Å²) < 4.78 is 5.15. The zero-order valence-corrected chi connectivity index (χ0v) is 20.6. The Kier molecular flexibility index (Phi) is 7.80. The second-order valence-electron chi connectivity index (χ2n) is 8.09. The summed E-state index contributed by atoms with van der Waals surface area (Å²) in [4.78, 5) is 41.9. The molecule has 1 atom stereocenters. The number of benzene rings is 2. The molecule has 35 heavy (non-hydrogen) atoms. The highest BCUT2D eigenvalue weighted by Gasteiger charge is 2.34. The van der Waals surface area contributed by atoms with Crippen molar-refractivity contribution < 1.29 is 19.2 Å². The lowest BCUT2D eigenvalue weighted by atomic mass is 9.93. The van der Waals surface area contributed by atoms with Gasteiger partial charge in [-0.25, -0.2) is 0 Å². The Hall–Kier alpha value is -3.27. The molecule has 0 spiro atoms.